The molecule has 0 amide bonds. The van der Waals surface area contributed by atoms with Gasteiger partial charge in [0.15, 0.2) is 0 Å². The molecule has 0 unspecified atom stereocenters. The minimum absolute atomic E-state index is 0.0444. The molecule has 0 aliphatic carbocycles. The lowest BCUT2D eigenvalue weighted by molar-refractivity contribution is -0.161. The van der Waals surface area contributed by atoms with E-state index in [4.69, 9.17) is 4.74 Å². The molecule has 0 aromatic heterocycles. The molecule has 1 saturated heterocycles. The van der Waals surface area contributed by atoms with Gasteiger partial charge >= 0.3 is 0 Å². The summed E-state index contributed by atoms with van der Waals surface area (Å²) in [5.74, 6) is 0. The molecule has 2 rings (SSSR count). The van der Waals surface area contributed by atoms with Gasteiger partial charge in [0.05, 0.1) is 6.61 Å². The zero-order chi connectivity index (χ0) is 11.5. The second kappa shape index (κ2) is 5.16. The van der Waals surface area contributed by atoms with Crippen molar-refractivity contribution in [3.63, 3.8) is 0 Å². The van der Waals surface area contributed by atoms with Crippen molar-refractivity contribution in [3.05, 3.63) is 30.3 Å². The van der Waals surface area contributed by atoms with Crippen molar-refractivity contribution < 1.29 is 20.1 Å². The molecule has 4 nitrogen and oxygen atoms in total. The maximum absolute atomic E-state index is 9.71. The summed E-state index contributed by atoms with van der Waals surface area (Å²) in [4.78, 5) is 0.954. The van der Waals surface area contributed by atoms with Crippen LogP contribution in [-0.4, -0.2) is 45.7 Å². The minimum atomic E-state index is -1.14. The van der Waals surface area contributed by atoms with Crippen LogP contribution in [-0.2, 0) is 4.74 Å². The first-order chi connectivity index (χ1) is 7.68. The highest BCUT2D eigenvalue weighted by Gasteiger charge is 2.37. The van der Waals surface area contributed by atoms with E-state index in [1.807, 2.05) is 30.3 Å². The van der Waals surface area contributed by atoms with E-state index in [1.54, 1.807) is 0 Å². The van der Waals surface area contributed by atoms with Crippen LogP contribution >= 0.6 is 11.8 Å². The van der Waals surface area contributed by atoms with E-state index in [0.29, 0.717) is 0 Å². The average Bonchev–Trinajstić information content (AvgIpc) is 2.31. The SMILES string of the molecule is O[C@@H]1[C@H](O)[C@H](Sc2ccccc2)OC[C@H]1O. The van der Waals surface area contributed by atoms with Gasteiger partial charge in [-0.15, -0.1) is 0 Å². The molecule has 1 heterocycles. The van der Waals surface area contributed by atoms with Gasteiger partial charge < -0.3 is 20.1 Å². The average molecular weight is 242 g/mol. The van der Waals surface area contributed by atoms with Crippen LogP contribution in [0, 0.1) is 0 Å². The number of ether oxygens (including phenoxy) is 1. The Morgan fingerprint density at radius 2 is 1.75 bits per heavy atom. The molecule has 0 saturated carbocycles. The van der Waals surface area contributed by atoms with E-state index in [-0.39, 0.29) is 6.61 Å². The lowest BCUT2D eigenvalue weighted by Gasteiger charge is -2.34. The van der Waals surface area contributed by atoms with Gasteiger partial charge in [0, 0.05) is 4.90 Å². The summed E-state index contributed by atoms with van der Waals surface area (Å²) in [6.07, 6.45) is -3.23. The molecule has 5 heteroatoms. The summed E-state index contributed by atoms with van der Waals surface area (Å²) in [5, 5.41) is 28.5. The molecule has 0 bridgehead atoms. The Kier molecular flexibility index (Phi) is 3.83. The van der Waals surface area contributed by atoms with Gasteiger partial charge in [0.2, 0.25) is 0 Å². The third kappa shape index (κ3) is 2.56. The molecule has 1 fully saturated rings. The van der Waals surface area contributed by atoms with Crippen LogP contribution in [0.25, 0.3) is 0 Å². The zero-order valence-electron chi connectivity index (χ0n) is 8.56. The monoisotopic (exact) mass is 242 g/mol. The Labute approximate surface area is 97.9 Å². The number of aliphatic hydroxyl groups is 3. The fourth-order valence-electron chi connectivity index (χ4n) is 1.52. The molecule has 16 heavy (non-hydrogen) atoms. The third-order valence-electron chi connectivity index (χ3n) is 2.45. The van der Waals surface area contributed by atoms with Crippen molar-refractivity contribution >= 4 is 11.8 Å². The highest BCUT2D eigenvalue weighted by molar-refractivity contribution is 7.99. The normalized spacial score (nSPS) is 34.9. The lowest BCUT2D eigenvalue weighted by atomic mass is 10.1. The van der Waals surface area contributed by atoms with Crippen LogP contribution in [0.4, 0.5) is 0 Å². The summed E-state index contributed by atoms with van der Waals surface area (Å²) < 4.78 is 5.28. The van der Waals surface area contributed by atoms with Crippen molar-refractivity contribution in [3.8, 4) is 0 Å². The quantitative estimate of drug-likeness (QED) is 0.692. The number of rotatable bonds is 2. The van der Waals surface area contributed by atoms with Crippen molar-refractivity contribution in [2.45, 2.75) is 28.6 Å². The molecule has 1 aliphatic rings. The summed E-state index contributed by atoms with van der Waals surface area (Å²) in [5.41, 5.74) is -0.541. The maximum atomic E-state index is 9.71. The highest BCUT2D eigenvalue weighted by Crippen LogP contribution is 2.30. The van der Waals surface area contributed by atoms with Crippen LogP contribution in [0.5, 0.6) is 0 Å². The second-order valence-corrected chi connectivity index (χ2v) is 4.85. The zero-order valence-corrected chi connectivity index (χ0v) is 9.38. The molecule has 3 N–H and O–H groups in total. The van der Waals surface area contributed by atoms with E-state index >= 15 is 0 Å². The van der Waals surface area contributed by atoms with E-state index in [2.05, 4.69) is 0 Å². The molecule has 4 atom stereocenters. The van der Waals surface area contributed by atoms with E-state index in [0.717, 1.165) is 4.90 Å². The Balaban J connectivity index is 2.00. The topological polar surface area (TPSA) is 69.9 Å². The van der Waals surface area contributed by atoms with E-state index in [1.165, 1.54) is 11.8 Å². The Bertz CT molecular complexity index is 332. The Hall–Kier alpha value is -0.590. The maximum Gasteiger partial charge on any atom is 0.136 e. The summed E-state index contributed by atoms with van der Waals surface area (Å²) in [6, 6.07) is 9.49. The smallest absolute Gasteiger partial charge is 0.136 e. The predicted molar refractivity (Wildman–Crippen MR) is 60.1 cm³/mol. The molecular formula is C11H14O4S. The standard InChI is InChI=1S/C11H14O4S/c12-8-6-15-11(10(14)9(8)13)16-7-4-2-1-3-5-7/h1-5,8-14H,6H2/t8-,9+,10+,11+/m1/s1. The molecule has 0 radical (unpaired) electrons. The molecule has 1 aromatic rings. The van der Waals surface area contributed by atoms with Gasteiger partial charge in [-0.2, -0.15) is 0 Å². The molecule has 1 aliphatic heterocycles. The third-order valence-corrected chi connectivity index (χ3v) is 3.64. The summed E-state index contributed by atoms with van der Waals surface area (Å²) in [6.45, 7) is 0.0444. The lowest BCUT2D eigenvalue weighted by Crippen LogP contribution is -2.51. The van der Waals surface area contributed by atoms with Gasteiger partial charge in [0.1, 0.15) is 23.7 Å². The minimum Gasteiger partial charge on any atom is -0.388 e. The Morgan fingerprint density at radius 3 is 2.44 bits per heavy atom. The number of benzene rings is 1. The van der Waals surface area contributed by atoms with Gasteiger partial charge in [-0.05, 0) is 12.1 Å². The number of hydrogen-bond acceptors (Lipinski definition) is 5. The first-order valence-corrected chi connectivity index (χ1v) is 5.94. The number of aliphatic hydroxyl groups excluding tert-OH is 3. The molecular weight excluding hydrogens is 228 g/mol. The number of hydrogen-bond donors (Lipinski definition) is 3. The van der Waals surface area contributed by atoms with Crippen molar-refractivity contribution in [2.24, 2.45) is 0 Å². The second-order valence-electron chi connectivity index (χ2n) is 3.68. The van der Waals surface area contributed by atoms with Gasteiger partial charge in [-0.25, -0.2) is 0 Å². The largest absolute Gasteiger partial charge is 0.388 e. The summed E-state index contributed by atoms with van der Waals surface area (Å²) >= 11 is 1.34. The molecule has 0 spiro atoms. The molecule has 1 aromatic carbocycles. The fraction of sp³-hybridized carbons (Fsp3) is 0.455. The molecule has 88 valence electrons. The van der Waals surface area contributed by atoms with Crippen molar-refractivity contribution in [1.29, 1.82) is 0 Å². The fourth-order valence-corrected chi connectivity index (χ4v) is 2.55. The highest BCUT2D eigenvalue weighted by atomic mass is 32.2. The van der Waals surface area contributed by atoms with Crippen LogP contribution in [0.2, 0.25) is 0 Å². The van der Waals surface area contributed by atoms with Gasteiger partial charge in [-0.1, -0.05) is 30.0 Å². The van der Waals surface area contributed by atoms with E-state index < -0.39 is 23.7 Å². The van der Waals surface area contributed by atoms with Crippen LogP contribution in [0.3, 0.4) is 0 Å². The van der Waals surface area contributed by atoms with Crippen LogP contribution in [0.1, 0.15) is 0 Å². The summed E-state index contributed by atoms with van der Waals surface area (Å²) in [7, 11) is 0. The number of thioether (sulfide) groups is 1. The first-order valence-electron chi connectivity index (χ1n) is 5.06. The van der Waals surface area contributed by atoms with Gasteiger partial charge in [0.25, 0.3) is 0 Å². The van der Waals surface area contributed by atoms with Crippen LogP contribution in [0.15, 0.2) is 35.2 Å². The van der Waals surface area contributed by atoms with Gasteiger partial charge in [-0.3, -0.25) is 0 Å². The van der Waals surface area contributed by atoms with E-state index in [9.17, 15) is 15.3 Å². The first kappa shape index (κ1) is 11.9. The van der Waals surface area contributed by atoms with Crippen molar-refractivity contribution in [2.75, 3.05) is 6.61 Å². The van der Waals surface area contributed by atoms with Crippen molar-refractivity contribution in [1.82, 2.24) is 0 Å². The Morgan fingerprint density at radius 1 is 1.06 bits per heavy atom. The van der Waals surface area contributed by atoms with Crippen LogP contribution < -0.4 is 0 Å². The predicted octanol–water partition coefficient (Wildman–Crippen LogP) is 0.218.